The van der Waals surface area contributed by atoms with Crippen LogP contribution in [-0.2, 0) is 22.5 Å². The first-order valence-electron chi connectivity index (χ1n) is 10.2. The van der Waals surface area contributed by atoms with Crippen LogP contribution < -0.4 is 5.32 Å². The van der Waals surface area contributed by atoms with Gasteiger partial charge >= 0.3 is 6.18 Å². The molecule has 166 valence electrons. The lowest BCUT2D eigenvalue weighted by Crippen LogP contribution is -2.23. The lowest BCUT2D eigenvalue weighted by atomic mass is 10.1. The summed E-state index contributed by atoms with van der Waals surface area (Å²) in [5, 5.41) is 6.70. The van der Waals surface area contributed by atoms with E-state index in [0.717, 1.165) is 19.3 Å². The van der Waals surface area contributed by atoms with Gasteiger partial charge in [0.1, 0.15) is 16.3 Å². The number of carbonyl (C=O) groups excluding carboxylic acids is 1. The van der Waals surface area contributed by atoms with Gasteiger partial charge in [-0.05, 0) is 55.6 Å². The molecule has 2 atom stereocenters. The molecule has 2 aromatic rings. The highest BCUT2D eigenvalue weighted by Gasteiger charge is 2.62. The summed E-state index contributed by atoms with van der Waals surface area (Å²) in [4.78, 5) is 16.9. The van der Waals surface area contributed by atoms with E-state index in [1.165, 1.54) is 29.3 Å². The summed E-state index contributed by atoms with van der Waals surface area (Å²) in [5.41, 5.74) is -1.07. The number of alkyl halides is 3. The highest BCUT2D eigenvalue weighted by atomic mass is 32.2. The number of hydrogen-bond acceptors (Lipinski definition) is 5. The Morgan fingerprint density at radius 3 is 2.65 bits per heavy atom. The van der Waals surface area contributed by atoms with Gasteiger partial charge in [0.2, 0.25) is 0 Å². The van der Waals surface area contributed by atoms with E-state index in [2.05, 4.69) is 15.4 Å². The normalized spacial score (nSPS) is 23.4. The fraction of sp³-hybridized carbons (Fsp3) is 0.550. The number of amides is 1. The predicted octanol–water partition coefficient (Wildman–Crippen LogP) is 4.26. The highest BCUT2D eigenvalue weighted by molar-refractivity contribution is 7.91. The average molecular weight is 453 g/mol. The standard InChI is InChI=1S/C20H22F3N5O2S/c1-31(24,30)14-8-13(4-7-25-14)26-18(29)17-15(20(21,22)23)16(11-2-3-11)27-28(17)10-12-9-19(12)5-6-19/h4,7-8,11-12,24H,2-3,5-6,9-10H2,1H3,(H,25,26,29)/t12-,31+/m0/s1. The van der Waals surface area contributed by atoms with Crippen molar-refractivity contribution >= 4 is 21.3 Å². The molecule has 0 radical (unpaired) electrons. The van der Waals surface area contributed by atoms with E-state index >= 15 is 0 Å². The molecule has 3 fully saturated rings. The first-order valence-corrected chi connectivity index (χ1v) is 12.1. The van der Waals surface area contributed by atoms with Gasteiger partial charge in [-0.3, -0.25) is 9.48 Å². The number of anilines is 1. The van der Waals surface area contributed by atoms with Crippen molar-refractivity contribution in [3.63, 3.8) is 0 Å². The molecule has 0 saturated heterocycles. The monoisotopic (exact) mass is 453 g/mol. The summed E-state index contributed by atoms with van der Waals surface area (Å²) in [6.07, 6.45) is 2.16. The van der Waals surface area contributed by atoms with E-state index in [4.69, 9.17) is 4.78 Å². The van der Waals surface area contributed by atoms with E-state index in [1.54, 1.807) is 0 Å². The van der Waals surface area contributed by atoms with Crippen molar-refractivity contribution in [3.05, 3.63) is 35.3 Å². The van der Waals surface area contributed by atoms with Gasteiger partial charge in [0.25, 0.3) is 5.91 Å². The Balaban J connectivity index is 1.52. The number of nitrogens with zero attached hydrogens (tertiary/aromatic N) is 3. The zero-order chi connectivity index (χ0) is 22.2. The zero-order valence-electron chi connectivity index (χ0n) is 16.8. The van der Waals surface area contributed by atoms with E-state index in [1.807, 2.05) is 0 Å². The molecule has 0 aromatic carbocycles. The Hall–Kier alpha value is -2.43. The van der Waals surface area contributed by atoms with Gasteiger partial charge < -0.3 is 5.32 Å². The summed E-state index contributed by atoms with van der Waals surface area (Å²) in [5.74, 6) is -0.922. The molecule has 0 aliphatic heterocycles. The highest BCUT2D eigenvalue weighted by Crippen LogP contribution is 2.71. The van der Waals surface area contributed by atoms with Gasteiger partial charge in [0, 0.05) is 30.6 Å². The van der Waals surface area contributed by atoms with Crippen LogP contribution in [0.5, 0.6) is 0 Å². The van der Waals surface area contributed by atoms with Crippen LogP contribution in [-0.4, -0.2) is 31.1 Å². The van der Waals surface area contributed by atoms with Gasteiger partial charge in [0.05, 0.1) is 15.4 Å². The Morgan fingerprint density at radius 2 is 2.10 bits per heavy atom. The van der Waals surface area contributed by atoms with Gasteiger partial charge in [-0.25, -0.2) is 14.0 Å². The third-order valence-corrected chi connectivity index (χ3v) is 7.50. The van der Waals surface area contributed by atoms with Crippen molar-refractivity contribution in [1.29, 1.82) is 4.78 Å². The number of rotatable bonds is 6. The second-order valence-corrected chi connectivity index (χ2v) is 11.1. The van der Waals surface area contributed by atoms with Crippen LogP contribution in [0.1, 0.15) is 59.8 Å². The molecule has 5 rings (SSSR count). The minimum Gasteiger partial charge on any atom is -0.320 e. The second kappa shape index (κ2) is 6.54. The third-order valence-electron chi connectivity index (χ3n) is 6.48. The van der Waals surface area contributed by atoms with Crippen molar-refractivity contribution in [2.75, 3.05) is 11.6 Å². The molecule has 0 bridgehead atoms. The van der Waals surface area contributed by atoms with Crippen molar-refractivity contribution < 1.29 is 22.2 Å². The number of pyridine rings is 1. The molecule has 31 heavy (non-hydrogen) atoms. The maximum atomic E-state index is 14.0. The van der Waals surface area contributed by atoms with Crippen molar-refractivity contribution in [2.24, 2.45) is 11.3 Å². The molecule has 1 amide bonds. The molecule has 3 saturated carbocycles. The van der Waals surface area contributed by atoms with Crippen molar-refractivity contribution in [3.8, 4) is 0 Å². The fourth-order valence-electron chi connectivity index (χ4n) is 4.33. The largest absolute Gasteiger partial charge is 0.420 e. The van der Waals surface area contributed by atoms with E-state index in [9.17, 15) is 22.2 Å². The van der Waals surface area contributed by atoms with Crippen LogP contribution in [0.3, 0.4) is 0 Å². The Labute approximate surface area is 177 Å². The minimum atomic E-state index is -4.70. The minimum absolute atomic E-state index is 0.0405. The smallest absolute Gasteiger partial charge is 0.320 e. The fourth-order valence-corrected chi connectivity index (χ4v) is 4.94. The van der Waals surface area contributed by atoms with E-state index in [-0.39, 0.29) is 33.7 Å². The molecule has 0 unspecified atom stereocenters. The van der Waals surface area contributed by atoms with Gasteiger partial charge in [-0.1, -0.05) is 0 Å². The molecular formula is C20H22F3N5O2S. The molecule has 2 N–H and O–H groups in total. The molecule has 11 heteroatoms. The van der Waals surface area contributed by atoms with Gasteiger partial charge in [-0.2, -0.15) is 18.3 Å². The maximum absolute atomic E-state index is 14.0. The quantitative estimate of drug-likeness (QED) is 0.682. The molecular weight excluding hydrogens is 431 g/mol. The molecule has 2 aromatic heterocycles. The summed E-state index contributed by atoms with van der Waals surface area (Å²) in [6.45, 7) is 0.301. The molecule has 7 nitrogen and oxygen atoms in total. The van der Waals surface area contributed by atoms with Crippen LogP contribution >= 0.6 is 0 Å². The molecule has 3 aliphatic rings. The second-order valence-electron chi connectivity index (χ2n) is 9.01. The Morgan fingerprint density at radius 1 is 1.39 bits per heavy atom. The number of halogens is 3. The van der Waals surface area contributed by atoms with Crippen LogP contribution in [0, 0.1) is 16.1 Å². The van der Waals surface area contributed by atoms with Crippen molar-refractivity contribution in [2.45, 2.75) is 55.8 Å². The maximum Gasteiger partial charge on any atom is 0.420 e. The van der Waals surface area contributed by atoms with E-state index < -0.39 is 33.1 Å². The first kappa shape index (κ1) is 20.5. The van der Waals surface area contributed by atoms with Gasteiger partial charge in [-0.15, -0.1) is 0 Å². The predicted molar refractivity (Wildman–Crippen MR) is 106 cm³/mol. The summed E-state index contributed by atoms with van der Waals surface area (Å²) >= 11 is 0. The van der Waals surface area contributed by atoms with Crippen LogP contribution in [0.4, 0.5) is 18.9 Å². The average Bonchev–Trinajstić information content (AvgIpc) is 3.57. The van der Waals surface area contributed by atoms with E-state index in [0.29, 0.717) is 19.4 Å². The zero-order valence-corrected chi connectivity index (χ0v) is 17.6. The lowest BCUT2D eigenvalue weighted by molar-refractivity contribution is -0.138. The third kappa shape index (κ3) is 3.83. The first-order chi connectivity index (χ1) is 14.5. The van der Waals surface area contributed by atoms with Crippen LogP contribution in [0.15, 0.2) is 23.4 Å². The molecule has 2 heterocycles. The number of hydrogen-bond donors (Lipinski definition) is 2. The van der Waals surface area contributed by atoms with Crippen LogP contribution in [0.2, 0.25) is 0 Å². The summed E-state index contributed by atoms with van der Waals surface area (Å²) < 4.78 is 63.0. The summed E-state index contributed by atoms with van der Waals surface area (Å²) in [7, 11) is -3.14. The number of carbonyl (C=O) groups is 1. The van der Waals surface area contributed by atoms with Gasteiger partial charge in [0.15, 0.2) is 0 Å². The van der Waals surface area contributed by atoms with Crippen molar-refractivity contribution in [1.82, 2.24) is 14.8 Å². The summed E-state index contributed by atoms with van der Waals surface area (Å²) in [6, 6.07) is 2.64. The topological polar surface area (TPSA) is 101 Å². The SMILES string of the molecule is C[S@@](=N)(=O)c1cc(NC(=O)c2c(C(F)(F)F)c(C3CC3)nn2C[C@@H]2CC23CC3)ccn1. The van der Waals surface area contributed by atoms with Crippen LogP contribution in [0.25, 0.3) is 0 Å². The molecule has 3 aliphatic carbocycles. The number of aromatic nitrogens is 3. The lowest BCUT2D eigenvalue weighted by Gasteiger charge is -2.13. The molecule has 1 spiro atoms. The number of nitrogens with one attached hydrogen (secondary N) is 2. The Bertz CT molecular complexity index is 1180. The Kier molecular flexibility index (Phi) is 4.32.